The lowest BCUT2D eigenvalue weighted by molar-refractivity contribution is 0.569. The topological polar surface area (TPSA) is 29.5 Å². The monoisotopic (exact) mass is 1370 g/mol. The number of hydrogen-bond donors (Lipinski definition) is 0. The van der Waals surface area contributed by atoms with E-state index in [9.17, 15) is 5.48 Å². The number of furan rings is 1. The molecule has 514 valence electrons. The van der Waals surface area contributed by atoms with Crippen molar-refractivity contribution in [2.75, 3.05) is 9.80 Å². The van der Waals surface area contributed by atoms with Crippen molar-refractivity contribution in [1.29, 1.82) is 0 Å². The van der Waals surface area contributed by atoms with E-state index in [2.05, 4.69) is 351 Å². The molecule has 106 heavy (non-hydrogen) atoms. The van der Waals surface area contributed by atoms with Gasteiger partial charge in [-0.3, -0.25) is 0 Å². The second-order valence-corrected chi connectivity index (χ2v) is 33.4. The third-order valence-corrected chi connectivity index (χ3v) is 22.6. The van der Waals surface area contributed by atoms with Gasteiger partial charge in [-0.05, 0) is 191 Å². The third-order valence-electron chi connectivity index (χ3n) is 22.6. The number of benzene rings is 14. The standard InChI is InChI=1S/C100H85BN4O/c1-97(2,3)68-42-49-83-78(59-68)79-60-69(98(4,5)6)43-50-84(79)103(83)73-44-48-81-87(61-73)105(95-74(63-31-19-14-20-32-63)45-51-85-92(95)76-37-25-27-39-82(76)102(85)72-35-23-16-24-36-72)89-57-67(66-53-70(99(7,8)9)58-71(54-66)100(10,11)12)56-88-94(89)101(81)80-47-41-65(62-29-17-13-18-30-62)55-86(80)104(88)96-75(64-33-21-15-22-34-64)46-52-91-93(96)77-38-26-28-40-90(77)106-91/h13-61H,1-12H3/i13D,17D,18D,29D,30D. The van der Waals surface area contributed by atoms with Gasteiger partial charge >= 0.3 is 0 Å². The van der Waals surface area contributed by atoms with E-state index >= 15 is 0 Å². The summed E-state index contributed by atoms with van der Waals surface area (Å²) in [5, 5.41) is 6.43. The zero-order valence-corrected chi connectivity index (χ0v) is 62.2. The van der Waals surface area contributed by atoms with E-state index in [4.69, 9.17) is 5.79 Å². The summed E-state index contributed by atoms with van der Waals surface area (Å²) in [7, 11) is 0. The molecular formula is C100H85BN4O. The molecule has 19 rings (SSSR count). The predicted octanol–water partition coefficient (Wildman–Crippen LogP) is 25.7. The van der Waals surface area contributed by atoms with Crippen LogP contribution in [-0.4, -0.2) is 15.8 Å². The van der Waals surface area contributed by atoms with Crippen molar-refractivity contribution in [3.05, 3.63) is 319 Å². The van der Waals surface area contributed by atoms with Crippen LogP contribution in [0.25, 0.3) is 121 Å². The van der Waals surface area contributed by atoms with E-state index < -0.39 is 24.8 Å². The Hall–Kier alpha value is -11.9. The van der Waals surface area contributed by atoms with Crippen molar-refractivity contribution < 1.29 is 11.3 Å². The van der Waals surface area contributed by atoms with Crippen LogP contribution in [-0.2, 0) is 21.7 Å². The van der Waals surface area contributed by atoms with Gasteiger partial charge in [0.1, 0.15) is 11.2 Å². The summed E-state index contributed by atoms with van der Waals surface area (Å²) in [6, 6.07) is 96.6. The fraction of sp³-hybridized carbons (Fsp3) is 0.160. The van der Waals surface area contributed by atoms with E-state index in [0.29, 0.717) is 11.1 Å². The molecule has 6 heteroatoms. The van der Waals surface area contributed by atoms with Crippen LogP contribution in [0.5, 0.6) is 0 Å². The van der Waals surface area contributed by atoms with Crippen LogP contribution in [0, 0.1) is 0 Å². The fourth-order valence-electron chi connectivity index (χ4n) is 17.1. The van der Waals surface area contributed by atoms with Gasteiger partial charge in [0.05, 0.1) is 45.7 Å². The van der Waals surface area contributed by atoms with Gasteiger partial charge in [-0.25, -0.2) is 0 Å². The normalized spacial score (nSPS) is 13.9. The zero-order chi connectivity index (χ0) is 76.8. The third kappa shape index (κ3) is 10.3. The van der Waals surface area contributed by atoms with Crippen molar-refractivity contribution in [2.45, 2.75) is 105 Å². The van der Waals surface area contributed by atoms with Crippen LogP contribution < -0.4 is 26.2 Å². The first kappa shape index (κ1) is 59.5. The summed E-state index contributed by atoms with van der Waals surface area (Å²) in [6.07, 6.45) is 0. The minimum absolute atomic E-state index is 0.117. The minimum Gasteiger partial charge on any atom is -0.456 e. The van der Waals surface area contributed by atoms with Crippen molar-refractivity contribution in [3.8, 4) is 55.9 Å². The lowest BCUT2D eigenvalue weighted by Gasteiger charge is -2.45. The summed E-state index contributed by atoms with van der Waals surface area (Å²) >= 11 is 0. The van der Waals surface area contributed by atoms with Gasteiger partial charge in [0.15, 0.2) is 0 Å². The maximum absolute atomic E-state index is 9.71. The van der Waals surface area contributed by atoms with Gasteiger partial charge in [-0.1, -0.05) is 283 Å². The Morgan fingerprint density at radius 1 is 0.302 bits per heavy atom. The van der Waals surface area contributed by atoms with Crippen LogP contribution in [0.3, 0.4) is 0 Å². The Kier molecular flexibility index (Phi) is 13.4. The first-order valence-electron chi connectivity index (χ1n) is 39.8. The number of aromatic nitrogens is 2. The zero-order valence-electron chi connectivity index (χ0n) is 67.2. The van der Waals surface area contributed by atoms with Crippen molar-refractivity contribution >= 4 is 123 Å². The van der Waals surface area contributed by atoms with Gasteiger partial charge in [0.2, 0.25) is 0 Å². The molecule has 0 saturated carbocycles. The van der Waals surface area contributed by atoms with Gasteiger partial charge in [0.25, 0.3) is 6.71 Å². The van der Waals surface area contributed by atoms with Gasteiger partial charge < -0.3 is 23.4 Å². The maximum Gasteiger partial charge on any atom is 0.252 e. The van der Waals surface area contributed by atoms with E-state index in [-0.39, 0.29) is 39.3 Å². The number of hydrogen-bond acceptors (Lipinski definition) is 3. The highest BCUT2D eigenvalue weighted by Crippen LogP contribution is 2.56. The van der Waals surface area contributed by atoms with Crippen molar-refractivity contribution in [1.82, 2.24) is 9.13 Å². The molecule has 0 radical (unpaired) electrons. The van der Waals surface area contributed by atoms with Crippen LogP contribution in [0.4, 0.5) is 34.1 Å². The van der Waals surface area contributed by atoms with Gasteiger partial charge in [-0.2, -0.15) is 0 Å². The maximum atomic E-state index is 9.71. The molecule has 3 aromatic heterocycles. The lowest BCUT2D eigenvalue weighted by Crippen LogP contribution is -2.61. The molecule has 17 aromatic rings. The van der Waals surface area contributed by atoms with Crippen LogP contribution in [0.1, 0.15) is 112 Å². The molecule has 0 N–H and O–H groups in total. The summed E-state index contributed by atoms with van der Waals surface area (Å²) in [5.74, 6) is 0. The Balaban J connectivity index is 1.04. The Labute approximate surface area is 629 Å². The number of fused-ring (bicyclic) bond motifs is 13. The molecule has 5 nitrogen and oxygen atoms in total. The highest BCUT2D eigenvalue weighted by molar-refractivity contribution is 7.00. The molecular weight excluding hydrogens is 1280 g/mol. The van der Waals surface area contributed by atoms with Crippen molar-refractivity contribution in [3.63, 3.8) is 0 Å². The van der Waals surface area contributed by atoms with Crippen LogP contribution in [0.15, 0.2) is 302 Å². The number of para-hydroxylation sites is 3. The number of rotatable bonds is 8. The Morgan fingerprint density at radius 3 is 1.37 bits per heavy atom. The molecule has 2 aliphatic heterocycles. The smallest absolute Gasteiger partial charge is 0.252 e. The molecule has 0 aliphatic carbocycles. The van der Waals surface area contributed by atoms with Gasteiger partial charge in [0, 0.05) is 72.2 Å². The molecule has 0 saturated heterocycles. The minimum atomic E-state index is -0.483. The summed E-state index contributed by atoms with van der Waals surface area (Å²) < 4.78 is 58.7. The van der Waals surface area contributed by atoms with Crippen LogP contribution in [0.2, 0.25) is 0 Å². The molecule has 0 spiro atoms. The number of nitrogens with zero attached hydrogens (tertiary/aromatic N) is 4. The van der Waals surface area contributed by atoms with E-state index in [1.807, 2.05) is 18.2 Å². The molecule has 0 amide bonds. The van der Waals surface area contributed by atoms with E-state index in [0.717, 1.165) is 144 Å². The summed E-state index contributed by atoms with van der Waals surface area (Å²) in [5.41, 5.74) is 27.5. The van der Waals surface area contributed by atoms with Gasteiger partial charge in [-0.15, -0.1) is 0 Å². The molecule has 2 aliphatic rings. The molecule has 14 aromatic carbocycles. The van der Waals surface area contributed by atoms with E-state index in [1.54, 1.807) is 0 Å². The predicted molar refractivity (Wildman–Crippen MR) is 453 cm³/mol. The van der Waals surface area contributed by atoms with E-state index in [1.165, 1.54) is 33.0 Å². The summed E-state index contributed by atoms with van der Waals surface area (Å²) in [4.78, 5) is 5.12. The highest BCUT2D eigenvalue weighted by atomic mass is 16.3. The van der Waals surface area contributed by atoms with Crippen LogP contribution >= 0.6 is 0 Å². The molecule has 0 fully saturated rings. The fourth-order valence-corrected chi connectivity index (χ4v) is 17.1. The quantitative estimate of drug-likeness (QED) is 0.142. The molecule has 0 bridgehead atoms. The summed E-state index contributed by atoms with van der Waals surface area (Å²) in [6.45, 7) is 27.2. The second kappa shape index (κ2) is 23.8. The highest BCUT2D eigenvalue weighted by Gasteiger charge is 2.46. The number of anilines is 6. The molecule has 5 heterocycles. The Bertz CT molecular complexity index is 6630. The second-order valence-electron chi connectivity index (χ2n) is 33.4. The first-order valence-corrected chi connectivity index (χ1v) is 37.3. The van der Waals surface area contributed by atoms with Crippen molar-refractivity contribution in [2.24, 2.45) is 0 Å². The average Bonchev–Trinajstić information content (AvgIpc) is 1.48. The largest absolute Gasteiger partial charge is 0.456 e. The molecule has 0 atom stereocenters. The first-order chi connectivity index (χ1) is 53.2. The molecule has 0 unspecified atom stereocenters. The Morgan fingerprint density at radius 2 is 0.774 bits per heavy atom. The SMILES string of the molecule is [2H]c1c([2H])c([2H])c(-c2ccc3c(c2)N(c2c(-c4ccccc4)ccc4oc5ccccc5c24)c2cc(-c4cc(C(C)(C)C)cc(C(C)(C)C)c4)cc4c2B3c2ccc(-n3c5ccc(C(C)(C)C)cc5c5cc(C(C)(C)C)ccc53)cc2N4c2c(-c3ccccc3)ccc3c2c2ccccc2n3-c2ccccc2)c([2H])c1[2H]. The lowest BCUT2D eigenvalue weighted by atomic mass is 9.33. The average molecular weight is 1370 g/mol.